The molecule has 2 heterocycles. The van der Waals surface area contributed by atoms with Crippen molar-refractivity contribution in [1.29, 1.82) is 0 Å². The summed E-state index contributed by atoms with van der Waals surface area (Å²) in [4.78, 5) is 5.79. The maximum absolute atomic E-state index is 6.56. The summed E-state index contributed by atoms with van der Waals surface area (Å²) in [6.45, 7) is 6.52. The standard InChI is InChI=1S/C26H31N3OS/c1-3-5-11-21-25(17-30-4-2)31-24-13-12-23(27)22(26(21)24)14-20-15-28-18-29(20)16-19-9-7-6-8-10-19/h6-10,12-13,15,18H,3-5,11,14,16-17,27H2,1-2H3. The first-order valence-electron chi connectivity index (χ1n) is 11.1. The van der Waals surface area contributed by atoms with Crippen molar-refractivity contribution < 1.29 is 4.74 Å². The summed E-state index contributed by atoms with van der Waals surface area (Å²) in [5.74, 6) is 0. The number of hydrogen-bond acceptors (Lipinski definition) is 4. The maximum atomic E-state index is 6.56. The number of nitrogens with zero attached hydrogens (tertiary/aromatic N) is 2. The van der Waals surface area contributed by atoms with Crippen LogP contribution < -0.4 is 5.73 Å². The first-order valence-corrected chi connectivity index (χ1v) is 11.9. The van der Waals surface area contributed by atoms with Gasteiger partial charge in [-0.1, -0.05) is 43.7 Å². The Labute approximate surface area is 188 Å². The molecule has 0 amide bonds. The minimum atomic E-state index is 0.681. The van der Waals surface area contributed by atoms with Crippen molar-refractivity contribution in [2.24, 2.45) is 0 Å². The van der Waals surface area contributed by atoms with E-state index in [9.17, 15) is 0 Å². The zero-order valence-electron chi connectivity index (χ0n) is 18.4. The summed E-state index contributed by atoms with van der Waals surface area (Å²) >= 11 is 1.85. The van der Waals surface area contributed by atoms with Crippen LogP contribution >= 0.6 is 11.3 Å². The number of fused-ring (bicyclic) bond motifs is 1. The van der Waals surface area contributed by atoms with Gasteiger partial charge < -0.3 is 15.0 Å². The Morgan fingerprint density at radius 1 is 1.06 bits per heavy atom. The van der Waals surface area contributed by atoms with Crippen molar-refractivity contribution >= 4 is 27.1 Å². The van der Waals surface area contributed by atoms with Crippen LogP contribution in [0.1, 0.15) is 54.0 Å². The lowest BCUT2D eigenvalue weighted by Crippen LogP contribution is -2.06. The number of benzene rings is 2. The quantitative estimate of drug-likeness (QED) is 0.303. The largest absolute Gasteiger partial charge is 0.398 e. The van der Waals surface area contributed by atoms with Crippen LogP contribution in [-0.4, -0.2) is 16.2 Å². The highest BCUT2D eigenvalue weighted by Crippen LogP contribution is 2.38. The zero-order chi connectivity index (χ0) is 21.6. The summed E-state index contributed by atoms with van der Waals surface area (Å²) in [5.41, 5.74) is 12.5. The van der Waals surface area contributed by atoms with Gasteiger partial charge in [-0.2, -0.15) is 0 Å². The number of rotatable bonds is 10. The fraction of sp³-hybridized carbons (Fsp3) is 0.346. The molecule has 2 aromatic heterocycles. The molecule has 0 saturated carbocycles. The Kier molecular flexibility index (Phi) is 7.05. The number of ether oxygens (including phenoxy) is 1. The van der Waals surface area contributed by atoms with Crippen LogP contribution in [0.4, 0.5) is 5.69 Å². The van der Waals surface area contributed by atoms with Gasteiger partial charge in [0.15, 0.2) is 0 Å². The van der Waals surface area contributed by atoms with Crippen molar-refractivity contribution in [2.45, 2.75) is 52.7 Å². The van der Waals surface area contributed by atoms with Crippen LogP contribution in [-0.2, 0) is 30.7 Å². The average molecular weight is 434 g/mol. The molecule has 0 aliphatic rings. The molecule has 4 rings (SSSR count). The number of thiophene rings is 1. The highest BCUT2D eigenvalue weighted by atomic mass is 32.1. The molecule has 4 nitrogen and oxygen atoms in total. The van der Waals surface area contributed by atoms with E-state index >= 15 is 0 Å². The molecule has 31 heavy (non-hydrogen) atoms. The molecule has 0 aliphatic heterocycles. The minimum absolute atomic E-state index is 0.681. The number of aryl methyl sites for hydroxylation is 1. The number of nitrogens with two attached hydrogens (primary N) is 1. The summed E-state index contributed by atoms with van der Waals surface area (Å²) in [5, 5.41) is 1.33. The fourth-order valence-corrected chi connectivity index (χ4v) is 5.33. The van der Waals surface area contributed by atoms with Crippen LogP contribution in [0.5, 0.6) is 0 Å². The lowest BCUT2D eigenvalue weighted by Gasteiger charge is -2.13. The van der Waals surface area contributed by atoms with E-state index in [4.69, 9.17) is 10.5 Å². The van der Waals surface area contributed by atoms with Gasteiger partial charge in [0, 0.05) is 52.1 Å². The zero-order valence-corrected chi connectivity index (χ0v) is 19.3. The van der Waals surface area contributed by atoms with Gasteiger partial charge in [-0.3, -0.25) is 0 Å². The van der Waals surface area contributed by atoms with Gasteiger partial charge in [-0.15, -0.1) is 11.3 Å². The van der Waals surface area contributed by atoms with E-state index < -0.39 is 0 Å². The van der Waals surface area contributed by atoms with Crippen LogP contribution in [0.25, 0.3) is 10.1 Å². The molecule has 0 radical (unpaired) electrons. The van der Waals surface area contributed by atoms with Gasteiger partial charge in [0.2, 0.25) is 0 Å². The SMILES string of the molecule is CCCCc1c(COCC)sc2ccc(N)c(Cc3cncn3Cc3ccccc3)c12. The third-order valence-corrected chi connectivity index (χ3v) is 6.92. The Morgan fingerprint density at radius 2 is 1.90 bits per heavy atom. The molecule has 0 bridgehead atoms. The van der Waals surface area contributed by atoms with E-state index in [-0.39, 0.29) is 0 Å². The fourth-order valence-electron chi connectivity index (χ4n) is 4.11. The van der Waals surface area contributed by atoms with Crippen molar-refractivity contribution in [1.82, 2.24) is 9.55 Å². The summed E-state index contributed by atoms with van der Waals surface area (Å²) in [7, 11) is 0. The molecule has 0 atom stereocenters. The van der Waals surface area contributed by atoms with E-state index in [1.807, 2.05) is 29.9 Å². The smallest absolute Gasteiger partial charge is 0.0951 e. The van der Waals surface area contributed by atoms with E-state index in [2.05, 4.69) is 59.8 Å². The van der Waals surface area contributed by atoms with Crippen molar-refractivity contribution in [2.75, 3.05) is 12.3 Å². The summed E-state index contributed by atoms with van der Waals surface area (Å²) < 4.78 is 9.33. The summed E-state index contributed by atoms with van der Waals surface area (Å²) in [6.07, 6.45) is 8.09. The molecule has 2 N–H and O–H groups in total. The van der Waals surface area contributed by atoms with Gasteiger partial charge in [0.05, 0.1) is 12.9 Å². The van der Waals surface area contributed by atoms with Gasteiger partial charge in [-0.05, 0) is 48.6 Å². The topological polar surface area (TPSA) is 53.1 Å². The molecule has 162 valence electrons. The first-order chi connectivity index (χ1) is 15.2. The Balaban J connectivity index is 1.73. The number of aromatic nitrogens is 2. The highest BCUT2D eigenvalue weighted by Gasteiger charge is 2.18. The second kappa shape index (κ2) is 10.1. The molecule has 0 fully saturated rings. The van der Waals surface area contributed by atoms with Crippen LogP contribution in [0.2, 0.25) is 0 Å². The van der Waals surface area contributed by atoms with Gasteiger partial charge in [0.1, 0.15) is 0 Å². The molecule has 5 heteroatoms. The highest BCUT2D eigenvalue weighted by molar-refractivity contribution is 7.19. The second-order valence-corrected chi connectivity index (χ2v) is 9.06. The normalized spacial score (nSPS) is 11.4. The van der Waals surface area contributed by atoms with E-state index in [0.29, 0.717) is 6.61 Å². The first kappa shape index (κ1) is 21.6. The molecular weight excluding hydrogens is 402 g/mol. The monoisotopic (exact) mass is 433 g/mol. The lowest BCUT2D eigenvalue weighted by molar-refractivity contribution is 0.136. The lowest BCUT2D eigenvalue weighted by atomic mass is 9.96. The van der Waals surface area contributed by atoms with E-state index in [0.717, 1.165) is 31.7 Å². The second-order valence-electron chi connectivity index (χ2n) is 7.93. The molecule has 0 unspecified atom stereocenters. The Bertz CT molecular complexity index is 1130. The van der Waals surface area contributed by atoms with Gasteiger partial charge in [-0.25, -0.2) is 4.98 Å². The van der Waals surface area contributed by atoms with Crippen molar-refractivity contribution in [3.8, 4) is 0 Å². The maximum Gasteiger partial charge on any atom is 0.0951 e. The summed E-state index contributed by atoms with van der Waals surface area (Å²) in [6, 6.07) is 14.7. The molecule has 0 saturated heterocycles. The van der Waals surface area contributed by atoms with Gasteiger partial charge in [0.25, 0.3) is 0 Å². The van der Waals surface area contributed by atoms with Gasteiger partial charge >= 0.3 is 0 Å². The Morgan fingerprint density at radius 3 is 2.68 bits per heavy atom. The molecule has 4 aromatic rings. The van der Waals surface area contributed by atoms with Crippen LogP contribution in [0, 0.1) is 0 Å². The molecule has 0 aliphatic carbocycles. The average Bonchev–Trinajstić information content (AvgIpc) is 3.37. The number of unbranched alkanes of at least 4 members (excludes halogenated alkanes) is 1. The van der Waals surface area contributed by atoms with E-state index in [1.165, 1.54) is 50.2 Å². The number of imidazole rings is 1. The number of hydrogen-bond donors (Lipinski definition) is 1. The van der Waals surface area contributed by atoms with Crippen LogP contribution in [0.3, 0.4) is 0 Å². The predicted molar refractivity (Wildman–Crippen MR) is 131 cm³/mol. The predicted octanol–water partition coefficient (Wildman–Crippen LogP) is 6.20. The third kappa shape index (κ3) is 4.83. The van der Waals surface area contributed by atoms with Crippen molar-refractivity contribution in [3.05, 3.63) is 82.3 Å². The molecule has 0 spiro atoms. The number of anilines is 1. The van der Waals surface area contributed by atoms with Crippen LogP contribution in [0.15, 0.2) is 55.0 Å². The van der Waals surface area contributed by atoms with E-state index in [1.54, 1.807) is 0 Å². The Hall–Kier alpha value is -2.63. The number of nitrogen functional groups attached to an aromatic ring is 1. The molecule has 2 aromatic carbocycles. The minimum Gasteiger partial charge on any atom is -0.398 e. The van der Waals surface area contributed by atoms with Crippen molar-refractivity contribution in [3.63, 3.8) is 0 Å². The third-order valence-electron chi connectivity index (χ3n) is 5.75. The molecular formula is C26H31N3OS.